The van der Waals surface area contributed by atoms with Gasteiger partial charge in [0.05, 0.1) is 32.6 Å². The number of hydrogen-bond acceptors (Lipinski definition) is 7. The smallest absolute Gasteiger partial charge is 0.265 e. The number of morpholine rings is 1. The zero-order valence-electron chi connectivity index (χ0n) is 13.5. The molecule has 0 atom stereocenters. The highest BCUT2D eigenvalue weighted by Crippen LogP contribution is 2.45. The van der Waals surface area contributed by atoms with Crippen LogP contribution >= 0.6 is 11.3 Å². The van der Waals surface area contributed by atoms with Crippen LogP contribution in [0.25, 0.3) is 0 Å². The van der Waals surface area contributed by atoms with Crippen molar-refractivity contribution in [2.24, 2.45) is 0 Å². The molecule has 1 N–H and O–H groups in total. The molecule has 3 aliphatic rings. The van der Waals surface area contributed by atoms with Crippen molar-refractivity contribution < 1.29 is 24.1 Å². The minimum Gasteiger partial charge on any atom is -0.383 e. The van der Waals surface area contributed by atoms with Gasteiger partial charge in [0.25, 0.3) is 5.91 Å². The highest BCUT2D eigenvalue weighted by atomic mass is 32.1. The summed E-state index contributed by atoms with van der Waals surface area (Å²) in [6, 6.07) is 0. The molecule has 4 rings (SSSR count). The second-order valence-corrected chi connectivity index (χ2v) is 7.60. The fraction of sp³-hybridized carbons (Fsp3) is 0.750. The van der Waals surface area contributed by atoms with Gasteiger partial charge in [-0.05, 0) is 12.8 Å². The SMILES string of the molecule is O=C(c1cnc(C2(O)CCC3(CC2)OCCO3)s1)N1CCOCC1. The Morgan fingerprint density at radius 3 is 2.46 bits per heavy atom. The first-order chi connectivity index (χ1) is 11.6. The van der Waals surface area contributed by atoms with Gasteiger partial charge < -0.3 is 24.2 Å². The minimum atomic E-state index is -0.991. The van der Waals surface area contributed by atoms with Gasteiger partial charge >= 0.3 is 0 Å². The van der Waals surface area contributed by atoms with Crippen LogP contribution in [-0.2, 0) is 19.8 Å². The van der Waals surface area contributed by atoms with Crippen LogP contribution in [0.2, 0.25) is 0 Å². The maximum atomic E-state index is 12.5. The van der Waals surface area contributed by atoms with Crippen molar-refractivity contribution >= 4 is 17.2 Å². The summed E-state index contributed by atoms with van der Waals surface area (Å²) >= 11 is 1.30. The average Bonchev–Trinajstić information content (AvgIpc) is 3.29. The van der Waals surface area contributed by atoms with Crippen LogP contribution in [0.1, 0.15) is 40.4 Å². The molecular weight excluding hydrogens is 332 g/mol. The van der Waals surface area contributed by atoms with E-state index in [1.165, 1.54) is 11.3 Å². The first kappa shape index (κ1) is 16.4. The number of carbonyl (C=O) groups excluding carboxylic acids is 1. The van der Waals surface area contributed by atoms with E-state index in [2.05, 4.69) is 4.98 Å². The lowest BCUT2D eigenvalue weighted by atomic mass is 9.82. The molecule has 3 heterocycles. The van der Waals surface area contributed by atoms with Crippen LogP contribution in [-0.4, -0.2) is 66.2 Å². The second kappa shape index (κ2) is 6.34. The Labute approximate surface area is 144 Å². The number of rotatable bonds is 2. The van der Waals surface area contributed by atoms with Crippen LogP contribution in [0.4, 0.5) is 0 Å². The molecule has 1 amide bonds. The second-order valence-electron chi connectivity index (χ2n) is 6.57. The van der Waals surface area contributed by atoms with E-state index in [-0.39, 0.29) is 5.91 Å². The van der Waals surface area contributed by atoms with Gasteiger partial charge in [-0.3, -0.25) is 4.79 Å². The Kier molecular flexibility index (Phi) is 4.34. The zero-order valence-corrected chi connectivity index (χ0v) is 14.3. The topological polar surface area (TPSA) is 81.1 Å². The highest BCUT2D eigenvalue weighted by molar-refractivity contribution is 7.13. The highest BCUT2D eigenvalue weighted by Gasteiger charge is 2.47. The van der Waals surface area contributed by atoms with Gasteiger partial charge in [-0.1, -0.05) is 0 Å². The van der Waals surface area contributed by atoms with Crippen molar-refractivity contribution in [1.82, 2.24) is 9.88 Å². The molecule has 3 fully saturated rings. The van der Waals surface area contributed by atoms with Crippen molar-refractivity contribution in [3.8, 4) is 0 Å². The number of hydrogen-bond donors (Lipinski definition) is 1. The summed E-state index contributed by atoms with van der Waals surface area (Å²) in [5.74, 6) is -0.545. The number of thiazole rings is 1. The number of ether oxygens (including phenoxy) is 3. The summed E-state index contributed by atoms with van der Waals surface area (Å²) in [5, 5.41) is 11.6. The molecule has 1 saturated carbocycles. The fourth-order valence-corrected chi connectivity index (χ4v) is 4.58. The molecule has 7 nitrogen and oxygen atoms in total. The van der Waals surface area contributed by atoms with Gasteiger partial charge in [0, 0.05) is 25.9 Å². The van der Waals surface area contributed by atoms with Crippen molar-refractivity contribution in [3.63, 3.8) is 0 Å². The van der Waals surface area contributed by atoms with Crippen LogP contribution in [0, 0.1) is 0 Å². The quantitative estimate of drug-likeness (QED) is 0.857. The first-order valence-electron chi connectivity index (χ1n) is 8.44. The average molecular weight is 354 g/mol. The van der Waals surface area contributed by atoms with Crippen molar-refractivity contribution in [3.05, 3.63) is 16.1 Å². The Morgan fingerprint density at radius 2 is 1.79 bits per heavy atom. The minimum absolute atomic E-state index is 0.0274. The van der Waals surface area contributed by atoms with Crippen LogP contribution < -0.4 is 0 Å². The molecule has 0 unspecified atom stereocenters. The number of carbonyl (C=O) groups is 1. The molecular formula is C16H22N2O5S. The lowest BCUT2D eigenvalue weighted by Crippen LogP contribution is -2.42. The van der Waals surface area contributed by atoms with E-state index in [9.17, 15) is 9.90 Å². The Hall–Kier alpha value is -1.06. The molecule has 0 aromatic carbocycles. The molecule has 24 heavy (non-hydrogen) atoms. The van der Waals surface area contributed by atoms with Gasteiger partial charge in [0.15, 0.2) is 5.79 Å². The summed E-state index contributed by atoms with van der Waals surface area (Å²) in [4.78, 5) is 19.2. The Morgan fingerprint density at radius 1 is 1.12 bits per heavy atom. The summed E-state index contributed by atoms with van der Waals surface area (Å²) in [6.45, 7) is 3.59. The molecule has 0 radical (unpaired) electrons. The largest absolute Gasteiger partial charge is 0.383 e. The molecule has 1 spiro atoms. The molecule has 2 aliphatic heterocycles. The standard InChI is InChI=1S/C16H22N2O5S/c19-13(18-5-7-21-8-6-18)12-11-17-14(24-12)15(20)1-3-16(4-2-15)22-9-10-23-16/h11,20H,1-10H2. The van der Waals surface area contributed by atoms with Gasteiger partial charge in [-0.25, -0.2) is 4.98 Å². The van der Waals surface area contributed by atoms with E-state index < -0.39 is 11.4 Å². The van der Waals surface area contributed by atoms with Gasteiger partial charge in [0.2, 0.25) is 0 Å². The number of nitrogens with zero attached hydrogens (tertiary/aromatic N) is 2. The maximum absolute atomic E-state index is 12.5. The van der Waals surface area contributed by atoms with Crippen molar-refractivity contribution in [1.29, 1.82) is 0 Å². The lowest BCUT2D eigenvalue weighted by Gasteiger charge is -2.39. The van der Waals surface area contributed by atoms with E-state index in [0.29, 0.717) is 75.1 Å². The van der Waals surface area contributed by atoms with E-state index in [1.807, 2.05) is 0 Å². The predicted octanol–water partition coefficient (Wildman–Crippen LogP) is 1.12. The molecule has 0 bridgehead atoms. The molecule has 1 aromatic rings. The molecule has 132 valence electrons. The van der Waals surface area contributed by atoms with Crippen LogP contribution in [0.3, 0.4) is 0 Å². The third kappa shape index (κ3) is 2.97. The molecule has 8 heteroatoms. The Bertz CT molecular complexity index is 597. The summed E-state index contributed by atoms with van der Waals surface area (Å²) < 4.78 is 16.7. The third-order valence-corrected chi connectivity index (χ3v) is 6.24. The molecule has 1 aromatic heterocycles. The number of aromatic nitrogens is 1. The van der Waals surface area contributed by atoms with Crippen LogP contribution in [0.5, 0.6) is 0 Å². The summed E-state index contributed by atoms with van der Waals surface area (Å²) in [7, 11) is 0. The molecule has 1 aliphatic carbocycles. The van der Waals surface area contributed by atoms with Gasteiger partial charge in [-0.2, -0.15) is 0 Å². The fourth-order valence-electron chi connectivity index (χ4n) is 3.55. The zero-order chi connectivity index (χ0) is 16.6. The van der Waals surface area contributed by atoms with E-state index in [4.69, 9.17) is 14.2 Å². The normalized spacial score (nSPS) is 26.0. The maximum Gasteiger partial charge on any atom is 0.265 e. The van der Waals surface area contributed by atoms with E-state index in [0.717, 1.165) is 0 Å². The van der Waals surface area contributed by atoms with Gasteiger partial charge in [0.1, 0.15) is 15.5 Å². The van der Waals surface area contributed by atoms with Crippen LogP contribution in [0.15, 0.2) is 6.20 Å². The number of aliphatic hydroxyl groups is 1. The number of amides is 1. The summed E-state index contributed by atoms with van der Waals surface area (Å²) in [5.41, 5.74) is -0.991. The molecule has 2 saturated heterocycles. The first-order valence-corrected chi connectivity index (χ1v) is 9.26. The summed E-state index contributed by atoms with van der Waals surface area (Å²) in [6.07, 6.45) is 3.95. The van der Waals surface area contributed by atoms with E-state index >= 15 is 0 Å². The monoisotopic (exact) mass is 354 g/mol. The predicted molar refractivity (Wildman–Crippen MR) is 85.8 cm³/mol. The van der Waals surface area contributed by atoms with E-state index in [1.54, 1.807) is 11.1 Å². The lowest BCUT2D eigenvalue weighted by molar-refractivity contribution is -0.204. The van der Waals surface area contributed by atoms with Gasteiger partial charge in [-0.15, -0.1) is 11.3 Å². The van der Waals surface area contributed by atoms with Crippen molar-refractivity contribution in [2.75, 3.05) is 39.5 Å². The Balaban J connectivity index is 1.45. The third-order valence-electron chi connectivity index (χ3n) is 5.07. The van der Waals surface area contributed by atoms with Crippen molar-refractivity contribution in [2.45, 2.75) is 37.1 Å².